The highest BCUT2D eigenvalue weighted by molar-refractivity contribution is 7.85. The van der Waals surface area contributed by atoms with Gasteiger partial charge in [0.05, 0.1) is 5.25 Å². The highest BCUT2D eigenvalue weighted by Gasteiger charge is 2.31. The van der Waals surface area contributed by atoms with Gasteiger partial charge in [0.2, 0.25) is 0 Å². The monoisotopic (exact) mass is 245 g/mol. The summed E-state index contributed by atoms with van der Waals surface area (Å²) in [6.07, 6.45) is 5.66. The molecule has 2 nitrogen and oxygen atoms in total. The van der Waals surface area contributed by atoms with Crippen LogP contribution in [0.2, 0.25) is 0 Å². The molecule has 4 atom stereocenters. The van der Waals surface area contributed by atoms with Crippen LogP contribution in [0, 0.1) is 11.8 Å². The van der Waals surface area contributed by atoms with E-state index in [4.69, 9.17) is 5.73 Å². The maximum atomic E-state index is 12.2. The van der Waals surface area contributed by atoms with E-state index in [-0.39, 0.29) is 11.3 Å². The molecule has 0 bridgehead atoms. The zero-order chi connectivity index (χ0) is 12.1. The normalized spacial score (nSPS) is 32.9. The summed E-state index contributed by atoms with van der Waals surface area (Å²) in [5.41, 5.74) is 6.11. The summed E-state index contributed by atoms with van der Waals surface area (Å²) in [5, 5.41) is 0.262. The second-order valence-electron chi connectivity index (χ2n) is 5.56. The quantitative estimate of drug-likeness (QED) is 0.809. The first-order valence-electron chi connectivity index (χ1n) is 6.67. The van der Waals surface area contributed by atoms with E-state index >= 15 is 0 Å². The third-order valence-corrected chi connectivity index (χ3v) is 5.62. The van der Waals surface area contributed by atoms with Gasteiger partial charge in [-0.2, -0.15) is 0 Å². The van der Waals surface area contributed by atoms with Gasteiger partial charge in [-0.05, 0) is 37.5 Å². The fourth-order valence-corrected chi connectivity index (χ4v) is 4.43. The average molecular weight is 245 g/mol. The molecule has 0 radical (unpaired) electrons. The van der Waals surface area contributed by atoms with Gasteiger partial charge in [0.25, 0.3) is 0 Å². The van der Waals surface area contributed by atoms with Gasteiger partial charge < -0.3 is 5.73 Å². The Morgan fingerprint density at radius 1 is 1.38 bits per heavy atom. The van der Waals surface area contributed by atoms with Crippen molar-refractivity contribution in [3.05, 3.63) is 0 Å². The Morgan fingerprint density at radius 3 is 2.62 bits per heavy atom. The maximum Gasteiger partial charge on any atom is 0.0501 e. The molecule has 96 valence electrons. The molecule has 1 fully saturated rings. The highest BCUT2D eigenvalue weighted by Crippen LogP contribution is 2.29. The molecular weight excluding hydrogens is 218 g/mol. The Hall–Kier alpha value is 0.110. The molecule has 1 aliphatic rings. The van der Waals surface area contributed by atoms with E-state index < -0.39 is 10.8 Å². The summed E-state index contributed by atoms with van der Waals surface area (Å²) in [6, 6.07) is 0.177. The molecular formula is C13H27NOS. The second kappa shape index (κ2) is 6.75. The van der Waals surface area contributed by atoms with Crippen molar-refractivity contribution >= 4 is 10.8 Å². The third-order valence-electron chi connectivity index (χ3n) is 3.76. The second-order valence-corrected chi connectivity index (χ2v) is 7.33. The molecule has 0 aromatic carbocycles. The fourth-order valence-electron chi connectivity index (χ4n) is 2.41. The van der Waals surface area contributed by atoms with Crippen molar-refractivity contribution in [3.63, 3.8) is 0 Å². The smallest absolute Gasteiger partial charge is 0.0501 e. The van der Waals surface area contributed by atoms with Crippen LogP contribution in [0.5, 0.6) is 0 Å². The van der Waals surface area contributed by atoms with Gasteiger partial charge in [-0.3, -0.25) is 4.21 Å². The van der Waals surface area contributed by atoms with E-state index in [1.165, 1.54) is 12.8 Å². The number of rotatable bonds is 5. The van der Waals surface area contributed by atoms with Crippen LogP contribution >= 0.6 is 0 Å². The molecule has 0 aromatic rings. The Bertz CT molecular complexity index is 230. The molecule has 0 aliphatic heterocycles. The Morgan fingerprint density at radius 2 is 2.06 bits per heavy atom. The first-order valence-corrected chi connectivity index (χ1v) is 8.05. The van der Waals surface area contributed by atoms with Crippen LogP contribution in [0.3, 0.4) is 0 Å². The molecule has 3 heteroatoms. The lowest BCUT2D eigenvalue weighted by molar-refractivity contribution is 0.323. The van der Waals surface area contributed by atoms with E-state index in [1.54, 1.807) is 0 Å². The maximum absolute atomic E-state index is 12.2. The molecule has 4 unspecified atom stereocenters. The summed E-state index contributed by atoms with van der Waals surface area (Å²) in [5.74, 6) is 2.24. The molecule has 0 saturated heterocycles. The lowest BCUT2D eigenvalue weighted by atomic mass is 9.84. The van der Waals surface area contributed by atoms with Gasteiger partial charge in [0, 0.05) is 22.6 Å². The van der Waals surface area contributed by atoms with Crippen molar-refractivity contribution in [1.29, 1.82) is 0 Å². The lowest BCUT2D eigenvalue weighted by Gasteiger charge is -2.33. The van der Waals surface area contributed by atoms with Gasteiger partial charge in [-0.1, -0.05) is 27.2 Å². The molecule has 0 amide bonds. The number of hydrogen-bond acceptors (Lipinski definition) is 2. The molecule has 0 aromatic heterocycles. The summed E-state index contributed by atoms with van der Waals surface area (Å²) >= 11 is 0. The van der Waals surface area contributed by atoms with Crippen molar-refractivity contribution in [1.82, 2.24) is 0 Å². The van der Waals surface area contributed by atoms with Crippen molar-refractivity contribution < 1.29 is 4.21 Å². The zero-order valence-electron chi connectivity index (χ0n) is 10.9. The zero-order valence-corrected chi connectivity index (χ0v) is 11.8. The van der Waals surface area contributed by atoms with Crippen LogP contribution in [0.4, 0.5) is 0 Å². The van der Waals surface area contributed by atoms with Gasteiger partial charge in [-0.15, -0.1) is 0 Å². The van der Waals surface area contributed by atoms with E-state index in [1.807, 2.05) is 0 Å². The van der Waals surface area contributed by atoms with Crippen molar-refractivity contribution in [3.8, 4) is 0 Å². The minimum Gasteiger partial charge on any atom is -0.327 e. The molecule has 0 spiro atoms. The average Bonchev–Trinajstić information content (AvgIpc) is 2.26. The van der Waals surface area contributed by atoms with Crippen molar-refractivity contribution in [2.24, 2.45) is 17.6 Å². The minimum atomic E-state index is -0.704. The standard InChI is InChI=1S/C13H27NOS/c1-4-11-5-6-12(14)13(9-11)16(15)8-7-10(2)3/h10-13H,4-9,14H2,1-3H3. The van der Waals surface area contributed by atoms with Gasteiger partial charge in [0.1, 0.15) is 0 Å². The number of nitrogens with two attached hydrogens (primary N) is 1. The largest absolute Gasteiger partial charge is 0.327 e. The van der Waals surface area contributed by atoms with E-state index in [0.717, 1.165) is 30.9 Å². The first kappa shape index (κ1) is 14.2. The van der Waals surface area contributed by atoms with Gasteiger partial charge in [-0.25, -0.2) is 0 Å². The summed E-state index contributed by atoms with van der Waals surface area (Å²) < 4.78 is 12.2. The topological polar surface area (TPSA) is 43.1 Å². The molecule has 1 rings (SSSR count). The van der Waals surface area contributed by atoms with Gasteiger partial charge in [0.15, 0.2) is 0 Å². The molecule has 16 heavy (non-hydrogen) atoms. The van der Waals surface area contributed by atoms with Crippen LogP contribution in [0.15, 0.2) is 0 Å². The fraction of sp³-hybridized carbons (Fsp3) is 1.00. The van der Waals surface area contributed by atoms with Crippen LogP contribution in [-0.2, 0) is 10.8 Å². The third kappa shape index (κ3) is 4.17. The summed E-state index contributed by atoms with van der Waals surface area (Å²) in [7, 11) is -0.704. The molecule has 2 N–H and O–H groups in total. The first-order chi connectivity index (χ1) is 7.54. The van der Waals surface area contributed by atoms with E-state index in [9.17, 15) is 4.21 Å². The summed E-state index contributed by atoms with van der Waals surface area (Å²) in [6.45, 7) is 6.61. The predicted octanol–water partition coefficient (Wildman–Crippen LogP) is 2.69. The Labute approximate surface area is 103 Å². The molecule has 1 aliphatic carbocycles. The van der Waals surface area contributed by atoms with Crippen LogP contribution in [-0.4, -0.2) is 21.3 Å². The van der Waals surface area contributed by atoms with Crippen LogP contribution in [0.1, 0.15) is 52.9 Å². The van der Waals surface area contributed by atoms with Crippen molar-refractivity contribution in [2.75, 3.05) is 5.75 Å². The van der Waals surface area contributed by atoms with Gasteiger partial charge >= 0.3 is 0 Å². The van der Waals surface area contributed by atoms with E-state index in [0.29, 0.717) is 5.92 Å². The minimum absolute atomic E-state index is 0.177. The number of hydrogen-bond donors (Lipinski definition) is 1. The van der Waals surface area contributed by atoms with Crippen LogP contribution < -0.4 is 5.73 Å². The Kier molecular flexibility index (Phi) is 5.98. The highest BCUT2D eigenvalue weighted by atomic mass is 32.2. The Balaban J connectivity index is 2.45. The molecule has 0 heterocycles. The van der Waals surface area contributed by atoms with Crippen LogP contribution in [0.25, 0.3) is 0 Å². The lowest BCUT2D eigenvalue weighted by Crippen LogP contribution is -2.43. The predicted molar refractivity (Wildman–Crippen MR) is 71.9 cm³/mol. The van der Waals surface area contributed by atoms with Crippen molar-refractivity contribution in [2.45, 2.75) is 64.2 Å². The summed E-state index contributed by atoms with van der Waals surface area (Å²) in [4.78, 5) is 0. The van der Waals surface area contributed by atoms with E-state index in [2.05, 4.69) is 20.8 Å². The SMILES string of the molecule is CCC1CCC(N)C(S(=O)CCC(C)C)C1. The molecule has 1 saturated carbocycles.